The molecule has 0 saturated heterocycles. The summed E-state index contributed by atoms with van der Waals surface area (Å²) in [5.41, 5.74) is 2.85. The number of benzene rings is 3. The SMILES string of the molecule is Cc1ccc(S(=O)(=O)Oc2ccccc2C(c2ccccc2)C(C)(C)C)cc1. The van der Waals surface area contributed by atoms with Gasteiger partial charge in [-0.25, -0.2) is 0 Å². The van der Waals surface area contributed by atoms with Crippen LogP contribution in [0.15, 0.2) is 83.8 Å². The van der Waals surface area contributed by atoms with Gasteiger partial charge in [-0.2, -0.15) is 8.42 Å². The van der Waals surface area contributed by atoms with Gasteiger partial charge in [-0.1, -0.05) is 87.0 Å². The van der Waals surface area contributed by atoms with Gasteiger partial charge in [0.25, 0.3) is 0 Å². The molecule has 0 fully saturated rings. The van der Waals surface area contributed by atoms with Gasteiger partial charge in [-0.3, -0.25) is 0 Å². The zero-order valence-electron chi connectivity index (χ0n) is 16.7. The van der Waals surface area contributed by atoms with Crippen LogP contribution >= 0.6 is 0 Å². The van der Waals surface area contributed by atoms with E-state index in [4.69, 9.17) is 4.18 Å². The van der Waals surface area contributed by atoms with E-state index in [1.807, 2.05) is 37.3 Å². The first-order chi connectivity index (χ1) is 13.2. The normalized spacial score (nSPS) is 13.1. The van der Waals surface area contributed by atoms with E-state index in [2.05, 4.69) is 32.9 Å². The summed E-state index contributed by atoms with van der Waals surface area (Å²) in [5, 5.41) is 0. The molecule has 0 amide bonds. The standard InChI is InChI=1S/C24H26O3S/c1-18-14-16-20(17-15-18)28(25,26)27-22-13-9-8-12-21(22)23(24(2,3)4)19-10-6-5-7-11-19/h5-17,23H,1-4H3. The molecule has 1 unspecified atom stereocenters. The van der Waals surface area contributed by atoms with Crippen LogP contribution in [0.25, 0.3) is 0 Å². The highest BCUT2D eigenvalue weighted by atomic mass is 32.2. The molecular formula is C24H26O3S. The van der Waals surface area contributed by atoms with Crippen molar-refractivity contribution in [1.82, 2.24) is 0 Å². The van der Waals surface area contributed by atoms with Crippen LogP contribution < -0.4 is 4.18 Å². The Balaban J connectivity index is 2.06. The summed E-state index contributed by atoms with van der Waals surface area (Å²) in [6.07, 6.45) is 0. The van der Waals surface area contributed by atoms with Crippen LogP contribution in [0.4, 0.5) is 0 Å². The fourth-order valence-electron chi connectivity index (χ4n) is 3.46. The summed E-state index contributed by atoms with van der Waals surface area (Å²) in [5.74, 6) is 0.352. The second-order valence-electron chi connectivity index (χ2n) is 8.10. The highest BCUT2D eigenvalue weighted by Crippen LogP contribution is 2.44. The van der Waals surface area contributed by atoms with Gasteiger partial charge in [0.15, 0.2) is 0 Å². The van der Waals surface area contributed by atoms with E-state index in [0.717, 1.165) is 16.7 Å². The Morgan fingerprint density at radius 2 is 1.36 bits per heavy atom. The van der Waals surface area contributed by atoms with Crippen molar-refractivity contribution in [3.05, 3.63) is 95.6 Å². The lowest BCUT2D eigenvalue weighted by molar-refractivity contribution is 0.352. The van der Waals surface area contributed by atoms with Gasteiger partial charge >= 0.3 is 10.1 Å². The number of hydrogen-bond donors (Lipinski definition) is 0. The molecule has 0 aromatic heterocycles. The van der Waals surface area contributed by atoms with Crippen molar-refractivity contribution in [2.75, 3.05) is 0 Å². The van der Waals surface area contributed by atoms with Crippen molar-refractivity contribution in [3.63, 3.8) is 0 Å². The molecule has 0 aliphatic rings. The van der Waals surface area contributed by atoms with Crippen molar-refractivity contribution in [3.8, 4) is 5.75 Å². The highest BCUT2D eigenvalue weighted by Gasteiger charge is 2.31. The molecular weight excluding hydrogens is 368 g/mol. The molecule has 3 nitrogen and oxygen atoms in total. The summed E-state index contributed by atoms with van der Waals surface area (Å²) in [6.45, 7) is 8.36. The minimum absolute atomic E-state index is 0.0156. The lowest BCUT2D eigenvalue weighted by Gasteiger charge is -2.32. The molecule has 0 spiro atoms. The molecule has 4 heteroatoms. The minimum atomic E-state index is -3.91. The van der Waals surface area contributed by atoms with Gasteiger partial charge in [-0.15, -0.1) is 0 Å². The molecule has 0 N–H and O–H groups in total. The van der Waals surface area contributed by atoms with Crippen LogP contribution in [0.2, 0.25) is 0 Å². The predicted molar refractivity (Wildman–Crippen MR) is 113 cm³/mol. The zero-order valence-corrected chi connectivity index (χ0v) is 17.5. The summed E-state index contributed by atoms with van der Waals surface area (Å²) >= 11 is 0. The monoisotopic (exact) mass is 394 g/mol. The Morgan fingerprint density at radius 1 is 0.786 bits per heavy atom. The molecule has 3 rings (SSSR count). The third kappa shape index (κ3) is 4.45. The Kier molecular flexibility index (Phi) is 5.61. The summed E-state index contributed by atoms with van der Waals surface area (Å²) in [4.78, 5) is 0.153. The minimum Gasteiger partial charge on any atom is -0.379 e. The lowest BCUT2D eigenvalue weighted by Crippen LogP contribution is -2.21. The van der Waals surface area contributed by atoms with E-state index < -0.39 is 10.1 Å². The van der Waals surface area contributed by atoms with E-state index in [-0.39, 0.29) is 16.2 Å². The fraction of sp³-hybridized carbons (Fsp3) is 0.250. The first kappa shape index (κ1) is 20.2. The van der Waals surface area contributed by atoms with Crippen LogP contribution in [-0.4, -0.2) is 8.42 Å². The summed E-state index contributed by atoms with van der Waals surface area (Å²) in [7, 11) is -3.91. The van der Waals surface area contributed by atoms with Gasteiger partial charge in [0.1, 0.15) is 10.6 Å². The number of rotatable bonds is 5. The largest absolute Gasteiger partial charge is 0.379 e. The smallest absolute Gasteiger partial charge is 0.339 e. The Labute approximate surface area is 168 Å². The van der Waals surface area contributed by atoms with E-state index >= 15 is 0 Å². The van der Waals surface area contributed by atoms with Gasteiger partial charge in [0, 0.05) is 11.5 Å². The number of aryl methyl sites for hydroxylation is 1. The molecule has 0 saturated carbocycles. The predicted octanol–water partition coefficient (Wildman–Crippen LogP) is 5.94. The van der Waals surface area contributed by atoms with Gasteiger partial charge in [0.2, 0.25) is 0 Å². The van der Waals surface area contributed by atoms with Crippen LogP contribution in [0.3, 0.4) is 0 Å². The zero-order chi connectivity index (χ0) is 20.4. The van der Waals surface area contributed by atoms with Crippen molar-refractivity contribution < 1.29 is 12.6 Å². The van der Waals surface area contributed by atoms with Crippen LogP contribution in [-0.2, 0) is 10.1 Å². The molecule has 146 valence electrons. The van der Waals surface area contributed by atoms with Crippen molar-refractivity contribution >= 4 is 10.1 Å². The first-order valence-corrected chi connectivity index (χ1v) is 10.7. The van der Waals surface area contributed by atoms with Crippen LogP contribution in [0.1, 0.15) is 43.4 Å². The Hall–Kier alpha value is -2.59. The number of para-hydroxylation sites is 1. The van der Waals surface area contributed by atoms with Crippen molar-refractivity contribution in [1.29, 1.82) is 0 Å². The van der Waals surface area contributed by atoms with E-state index in [9.17, 15) is 8.42 Å². The second kappa shape index (κ2) is 7.80. The highest BCUT2D eigenvalue weighted by molar-refractivity contribution is 7.87. The lowest BCUT2D eigenvalue weighted by atomic mass is 9.72. The second-order valence-corrected chi connectivity index (χ2v) is 9.64. The summed E-state index contributed by atoms with van der Waals surface area (Å²) < 4.78 is 31.3. The molecule has 1 atom stereocenters. The molecule has 0 radical (unpaired) electrons. The van der Waals surface area contributed by atoms with Crippen molar-refractivity contribution in [2.24, 2.45) is 5.41 Å². The maximum atomic E-state index is 12.9. The van der Waals surface area contributed by atoms with Gasteiger partial charge in [-0.05, 0) is 36.1 Å². The first-order valence-electron chi connectivity index (χ1n) is 9.33. The Bertz CT molecular complexity index is 1030. The molecule has 3 aromatic rings. The average Bonchev–Trinajstić information content (AvgIpc) is 2.63. The average molecular weight is 395 g/mol. The van der Waals surface area contributed by atoms with E-state index in [0.29, 0.717) is 5.75 Å². The maximum Gasteiger partial charge on any atom is 0.339 e. The van der Waals surface area contributed by atoms with Crippen LogP contribution in [0.5, 0.6) is 5.75 Å². The fourth-order valence-corrected chi connectivity index (χ4v) is 4.41. The third-order valence-electron chi connectivity index (χ3n) is 4.74. The van der Waals surface area contributed by atoms with Crippen molar-refractivity contribution in [2.45, 2.75) is 38.5 Å². The molecule has 3 aromatic carbocycles. The van der Waals surface area contributed by atoms with E-state index in [1.54, 1.807) is 36.4 Å². The van der Waals surface area contributed by atoms with Gasteiger partial charge in [0.05, 0.1) is 0 Å². The molecule has 0 aliphatic heterocycles. The third-order valence-corrected chi connectivity index (χ3v) is 5.99. The van der Waals surface area contributed by atoms with Gasteiger partial charge < -0.3 is 4.18 Å². The van der Waals surface area contributed by atoms with Crippen LogP contribution in [0, 0.1) is 12.3 Å². The Morgan fingerprint density at radius 3 is 1.96 bits per heavy atom. The molecule has 0 heterocycles. The number of hydrogen-bond acceptors (Lipinski definition) is 3. The van der Waals surface area contributed by atoms with E-state index in [1.165, 1.54) is 0 Å². The summed E-state index contributed by atoms with van der Waals surface area (Å²) in [6, 6.07) is 24.2. The molecule has 0 aliphatic carbocycles. The molecule has 0 bridgehead atoms. The maximum absolute atomic E-state index is 12.9. The quantitative estimate of drug-likeness (QED) is 0.503. The topological polar surface area (TPSA) is 43.4 Å². The molecule has 28 heavy (non-hydrogen) atoms.